The summed E-state index contributed by atoms with van der Waals surface area (Å²) in [6, 6.07) is 8.13. The third-order valence-corrected chi connectivity index (χ3v) is 4.41. The number of hydrogen-bond acceptors (Lipinski definition) is 3. The van der Waals surface area contributed by atoms with Crippen molar-refractivity contribution in [1.82, 2.24) is 10.2 Å². The standard InChI is InChI=1S/C16H21N3O2/c1-18-10-16(21)19(11-15(18)20)14-4-2-12(3-5-14)13-6-8-17-9-7-13/h2-5,13,17H,6-11H2,1H3. The molecule has 0 radical (unpaired) electrons. The number of likely N-dealkylation sites (N-methyl/N-ethyl adjacent to an activating group) is 1. The largest absolute Gasteiger partial charge is 0.335 e. The summed E-state index contributed by atoms with van der Waals surface area (Å²) in [7, 11) is 1.66. The van der Waals surface area contributed by atoms with Crippen LogP contribution in [0.2, 0.25) is 0 Å². The van der Waals surface area contributed by atoms with Crippen molar-refractivity contribution in [2.24, 2.45) is 0 Å². The van der Waals surface area contributed by atoms with Gasteiger partial charge in [0.05, 0.1) is 6.54 Å². The Kier molecular flexibility index (Phi) is 3.92. The SMILES string of the molecule is CN1CC(=O)N(c2ccc(C3CCNCC3)cc2)CC1=O. The molecule has 0 spiro atoms. The van der Waals surface area contributed by atoms with Gasteiger partial charge in [-0.1, -0.05) is 12.1 Å². The van der Waals surface area contributed by atoms with Crippen molar-refractivity contribution in [3.63, 3.8) is 0 Å². The van der Waals surface area contributed by atoms with Gasteiger partial charge in [0.15, 0.2) is 0 Å². The molecule has 1 N–H and O–H groups in total. The molecule has 2 aliphatic rings. The van der Waals surface area contributed by atoms with E-state index in [1.54, 1.807) is 11.9 Å². The van der Waals surface area contributed by atoms with Crippen molar-refractivity contribution in [2.75, 3.05) is 38.1 Å². The Hall–Kier alpha value is -1.88. The van der Waals surface area contributed by atoms with Crippen LogP contribution in [0.15, 0.2) is 24.3 Å². The third kappa shape index (κ3) is 2.93. The Morgan fingerprint density at radius 1 is 1.00 bits per heavy atom. The lowest BCUT2D eigenvalue weighted by Gasteiger charge is -2.32. The molecule has 2 fully saturated rings. The summed E-state index contributed by atoms with van der Waals surface area (Å²) < 4.78 is 0. The van der Waals surface area contributed by atoms with Crippen molar-refractivity contribution in [3.05, 3.63) is 29.8 Å². The second-order valence-corrected chi connectivity index (χ2v) is 5.85. The number of rotatable bonds is 2. The van der Waals surface area contributed by atoms with Crippen molar-refractivity contribution < 1.29 is 9.59 Å². The molecule has 5 nitrogen and oxygen atoms in total. The van der Waals surface area contributed by atoms with Crippen LogP contribution in [-0.2, 0) is 9.59 Å². The topological polar surface area (TPSA) is 52.7 Å². The van der Waals surface area contributed by atoms with Crippen LogP contribution in [-0.4, -0.2) is 49.9 Å². The van der Waals surface area contributed by atoms with Crippen LogP contribution in [0.25, 0.3) is 0 Å². The summed E-state index contributed by atoms with van der Waals surface area (Å²) in [5.74, 6) is 0.564. The molecule has 0 unspecified atom stereocenters. The zero-order valence-electron chi connectivity index (χ0n) is 12.3. The van der Waals surface area contributed by atoms with Gasteiger partial charge in [0.2, 0.25) is 11.8 Å². The van der Waals surface area contributed by atoms with Gasteiger partial charge in [-0.15, -0.1) is 0 Å². The maximum absolute atomic E-state index is 12.1. The fourth-order valence-electron chi connectivity index (χ4n) is 3.04. The Balaban J connectivity index is 1.74. The molecular formula is C16H21N3O2. The summed E-state index contributed by atoms with van der Waals surface area (Å²) in [5, 5.41) is 3.37. The van der Waals surface area contributed by atoms with Crippen molar-refractivity contribution in [3.8, 4) is 0 Å². The molecule has 0 saturated carbocycles. The minimum Gasteiger partial charge on any atom is -0.335 e. The third-order valence-electron chi connectivity index (χ3n) is 4.41. The van der Waals surface area contributed by atoms with E-state index in [0.29, 0.717) is 5.92 Å². The number of piperazine rings is 1. The van der Waals surface area contributed by atoms with Gasteiger partial charge in [-0.05, 0) is 49.5 Å². The molecule has 3 rings (SSSR count). The Morgan fingerprint density at radius 2 is 1.67 bits per heavy atom. The van der Waals surface area contributed by atoms with Gasteiger partial charge in [0.1, 0.15) is 6.54 Å². The molecule has 2 heterocycles. The molecule has 2 aliphatic heterocycles. The highest BCUT2D eigenvalue weighted by Crippen LogP contribution is 2.27. The van der Waals surface area contributed by atoms with Crippen LogP contribution >= 0.6 is 0 Å². The quantitative estimate of drug-likeness (QED) is 0.881. The number of piperidine rings is 1. The number of amides is 2. The van der Waals surface area contributed by atoms with E-state index in [1.807, 2.05) is 12.1 Å². The smallest absolute Gasteiger partial charge is 0.247 e. The average Bonchev–Trinajstić information content (AvgIpc) is 2.52. The van der Waals surface area contributed by atoms with E-state index in [1.165, 1.54) is 10.5 Å². The molecule has 0 aromatic heterocycles. The molecular weight excluding hydrogens is 266 g/mol. The number of nitrogens with zero attached hydrogens (tertiary/aromatic N) is 2. The summed E-state index contributed by atoms with van der Waals surface area (Å²) in [6.07, 6.45) is 2.32. The number of carbonyl (C=O) groups excluding carboxylic acids is 2. The molecule has 0 bridgehead atoms. The molecule has 21 heavy (non-hydrogen) atoms. The number of benzene rings is 1. The fourth-order valence-corrected chi connectivity index (χ4v) is 3.04. The van der Waals surface area contributed by atoms with E-state index in [-0.39, 0.29) is 24.9 Å². The minimum absolute atomic E-state index is 0.0166. The van der Waals surface area contributed by atoms with E-state index in [9.17, 15) is 9.59 Å². The van der Waals surface area contributed by atoms with Crippen LogP contribution in [0, 0.1) is 0 Å². The van der Waals surface area contributed by atoms with Gasteiger partial charge in [0, 0.05) is 12.7 Å². The van der Waals surface area contributed by atoms with Crippen molar-refractivity contribution in [1.29, 1.82) is 0 Å². The molecule has 2 saturated heterocycles. The Bertz CT molecular complexity index is 535. The predicted octanol–water partition coefficient (Wildman–Crippen LogP) is 0.959. The van der Waals surface area contributed by atoms with E-state index < -0.39 is 0 Å². The van der Waals surface area contributed by atoms with E-state index in [0.717, 1.165) is 31.6 Å². The number of anilines is 1. The summed E-state index contributed by atoms with van der Waals surface area (Å²) >= 11 is 0. The van der Waals surface area contributed by atoms with Crippen LogP contribution in [0.3, 0.4) is 0 Å². The van der Waals surface area contributed by atoms with Gasteiger partial charge < -0.3 is 15.1 Å². The second-order valence-electron chi connectivity index (χ2n) is 5.85. The molecule has 1 aromatic rings. The maximum Gasteiger partial charge on any atom is 0.247 e. The van der Waals surface area contributed by atoms with Crippen molar-refractivity contribution in [2.45, 2.75) is 18.8 Å². The zero-order chi connectivity index (χ0) is 14.8. The van der Waals surface area contributed by atoms with Crippen LogP contribution in [0.5, 0.6) is 0 Å². The van der Waals surface area contributed by atoms with Crippen LogP contribution in [0.4, 0.5) is 5.69 Å². The number of carbonyl (C=O) groups is 2. The fraction of sp³-hybridized carbons (Fsp3) is 0.500. The van der Waals surface area contributed by atoms with Crippen LogP contribution < -0.4 is 10.2 Å². The highest BCUT2D eigenvalue weighted by Gasteiger charge is 2.28. The molecule has 1 aromatic carbocycles. The predicted molar refractivity (Wildman–Crippen MR) is 81.3 cm³/mol. The van der Waals surface area contributed by atoms with E-state index in [2.05, 4.69) is 17.4 Å². The highest BCUT2D eigenvalue weighted by atomic mass is 16.2. The normalized spacial score (nSPS) is 21.0. The first-order valence-corrected chi connectivity index (χ1v) is 7.50. The molecule has 0 atom stereocenters. The van der Waals surface area contributed by atoms with Gasteiger partial charge in [-0.25, -0.2) is 0 Å². The molecule has 5 heteroatoms. The number of nitrogens with one attached hydrogen (secondary N) is 1. The van der Waals surface area contributed by atoms with Crippen LogP contribution in [0.1, 0.15) is 24.3 Å². The molecule has 0 aliphatic carbocycles. The second kappa shape index (κ2) is 5.85. The minimum atomic E-state index is -0.0216. The Morgan fingerprint density at radius 3 is 2.33 bits per heavy atom. The monoisotopic (exact) mass is 287 g/mol. The van der Waals surface area contributed by atoms with Gasteiger partial charge in [-0.3, -0.25) is 9.59 Å². The van der Waals surface area contributed by atoms with Gasteiger partial charge >= 0.3 is 0 Å². The number of hydrogen-bond donors (Lipinski definition) is 1. The first-order chi connectivity index (χ1) is 10.1. The lowest BCUT2D eigenvalue weighted by Crippen LogP contribution is -2.52. The zero-order valence-corrected chi connectivity index (χ0v) is 12.3. The van der Waals surface area contributed by atoms with Gasteiger partial charge in [-0.2, -0.15) is 0 Å². The summed E-state index contributed by atoms with van der Waals surface area (Å²) in [5.41, 5.74) is 2.15. The lowest BCUT2D eigenvalue weighted by atomic mass is 9.90. The first kappa shape index (κ1) is 14.1. The summed E-state index contributed by atoms with van der Waals surface area (Å²) in [4.78, 5) is 26.9. The maximum atomic E-state index is 12.1. The highest BCUT2D eigenvalue weighted by molar-refractivity contribution is 6.04. The van der Waals surface area contributed by atoms with E-state index >= 15 is 0 Å². The van der Waals surface area contributed by atoms with E-state index in [4.69, 9.17) is 0 Å². The van der Waals surface area contributed by atoms with Crippen molar-refractivity contribution >= 4 is 17.5 Å². The average molecular weight is 287 g/mol. The Labute approximate surface area is 124 Å². The summed E-state index contributed by atoms with van der Waals surface area (Å²) in [6.45, 7) is 2.44. The van der Waals surface area contributed by atoms with Gasteiger partial charge in [0.25, 0.3) is 0 Å². The molecule has 112 valence electrons. The molecule has 2 amide bonds. The first-order valence-electron chi connectivity index (χ1n) is 7.50. The lowest BCUT2D eigenvalue weighted by molar-refractivity contribution is -0.136.